The average molecular weight is 791 g/mol. The third kappa shape index (κ3) is 5.83. The van der Waals surface area contributed by atoms with Crippen LogP contribution in [0.2, 0.25) is 0 Å². The van der Waals surface area contributed by atoms with Gasteiger partial charge in [-0.05, 0) is 120 Å². The number of para-hydroxylation sites is 2. The number of fused-ring (bicyclic) bond motifs is 6. The van der Waals surface area contributed by atoms with E-state index in [1.165, 1.54) is 0 Å². The molecule has 3 heterocycles. The van der Waals surface area contributed by atoms with Crippen LogP contribution in [0, 0.1) is 70.5 Å². The molecule has 3 aromatic heterocycles. The Kier molecular flexibility index (Phi) is 8.68. The standard InChI is InChI=1S/C54H30N8/c1-32-19-38(20-33(2)60-32)39-25-53(61-49-9-5-3-7-44(49)46-17-13-36(23-51(46)61)42-15-11-34(27-55)21-40(42)29-57)48(31-59)54(26-39)62-50-10-6-4-8-45(50)47-18-14-37(24-52(47)62)43-16-12-35(28-56)22-41(43)30-58/h3-26H,1-2H3. The molecular weight excluding hydrogens is 761 g/mol. The van der Waals surface area contributed by atoms with E-state index in [-0.39, 0.29) is 0 Å². The normalized spacial score (nSPS) is 11.0. The van der Waals surface area contributed by atoms with E-state index in [0.717, 1.165) is 77.3 Å². The monoisotopic (exact) mass is 790 g/mol. The first kappa shape index (κ1) is 37.0. The van der Waals surface area contributed by atoms with Crippen LogP contribution in [-0.4, -0.2) is 14.1 Å². The van der Waals surface area contributed by atoms with Crippen LogP contribution >= 0.6 is 0 Å². The first-order valence-electron chi connectivity index (χ1n) is 19.8. The minimum Gasteiger partial charge on any atom is -0.308 e. The van der Waals surface area contributed by atoms with Crippen LogP contribution in [0.3, 0.4) is 0 Å². The summed E-state index contributed by atoms with van der Waals surface area (Å²) in [4.78, 5) is 4.68. The van der Waals surface area contributed by atoms with Crippen LogP contribution in [0.5, 0.6) is 0 Å². The van der Waals surface area contributed by atoms with Gasteiger partial charge >= 0.3 is 0 Å². The van der Waals surface area contributed by atoms with Crippen LogP contribution in [0.4, 0.5) is 0 Å². The van der Waals surface area contributed by atoms with E-state index in [2.05, 4.69) is 117 Å². The van der Waals surface area contributed by atoms with Crippen molar-refractivity contribution in [2.45, 2.75) is 13.8 Å². The molecule has 0 N–H and O–H groups in total. The molecule has 0 atom stereocenters. The molecule has 0 spiro atoms. The molecule has 10 aromatic rings. The Morgan fingerprint density at radius 3 is 1.26 bits per heavy atom. The summed E-state index contributed by atoms with van der Waals surface area (Å²) in [5.74, 6) is 0. The predicted octanol–water partition coefficient (Wildman–Crippen LogP) is 12.3. The lowest BCUT2D eigenvalue weighted by Gasteiger charge is -2.19. The van der Waals surface area contributed by atoms with Gasteiger partial charge in [0.05, 0.1) is 80.0 Å². The Balaban J connectivity index is 1.33. The van der Waals surface area contributed by atoms with Gasteiger partial charge in [0, 0.05) is 32.9 Å². The third-order valence-electron chi connectivity index (χ3n) is 11.6. The van der Waals surface area contributed by atoms with E-state index in [1.807, 2.05) is 62.4 Å². The van der Waals surface area contributed by atoms with Gasteiger partial charge in [0.15, 0.2) is 0 Å². The number of benzene rings is 7. The molecule has 0 radical (unpaired) electrons. The summed E-state index contributed by atoms with van der Waals surface area (Å²) in [5.41, 5.74) is 13.4. The van der Waals surface area contributed by atoms with Gasteiger partial charge in [-0.3, -0.25) is 4.98 Å². The Bertz CT molecular complexity index is 3560. The van der Waals surface area contributed by atoms with Crippen LogP contribution in [0.25, 0.3) is 88.4 Å². The van der Waals surface area contributed by atoms with Crippen molar-refractivity contribution >= 4 is 43.6 Å². The second kappa shape index (κ2) is 14.5. The number of hydrogen-bond donors (Lipinski definition) is 0. The Labute approximate surface area is 356 Å². The smallest absolute Gasteiger partial charge is 0.104 e. The van der Waals surface area contributed by atoms with Crippen molar-refractivity contribution in [1.82, 2.24) is 14.1 Å². The zero-order valence-electron chi connectivity index (χ0n) is 33.4. The maximum atomic E-state index is 11.5. The van der Waals surface area contributed by atoms with E-state index in [0.29, 0.717) is 50.3 Å². The number of rotatable bonds is 5. The molecule has 0 aliphatic carbocycles. The molecule has 8 nitrogen and oxygen atoms in total. The summed E-state index contributed by atoms with van der Waals surface area (Å²) >= 11 is 0. The Morgan fingerprint density at radius 2 is 0.823 bits per heavy atom. The zero-order valence-corrected chi connectivity index (χ0v) is 33.4. The highest BCUT2D eigenvalue weighted by molar-refractivity contribution is 6.12. The minimum absolute atomic E-state index is 0.394. The highest BCUT2D eigenvalue weighted by Crippen LogP contribution is 2.42. The topological polar surface area (TPSA) is 142 Å². The maximum absolute atomic E-state index is 11.5. The number of aromatic nitrogens is 3. The van der Waals surface area contributed by atoms with Gasteiger partial charge in [-0.1, -0.05) is 72.8 Å². The molecule has 0 saturated heterocycles. The molecule has 0 aliphatic heterocycles. The third-order valence-corrected chi connectivity index (χ3v) is 11.6. The fourth-order valence-corrected chi connectivity index (χ4v) is 8.96. The molecule has 7 aromatic carbocycles. The molecule has 0 fully saturated rings. The average Bonchev–Trinajstić information content (AvgIpc) is 3.82. The fraction of sp³-hybridized carbons (Fsp3) is 0.0370. The second-order valence-electron chi connectivity index (χ2n) is 15.3. The van der Waals surface area contributed by atoms with Crippen molar-refractivity contribution in [2.24, 2.45) is 0 Å². The molecular formula is C54H30N8. The number of nitriles is 5. The Hall–Kier alpha value is -9.26. The molecule has 8 heteroatoms. The molecule has 0 saturated carbocycles. The lowest BCUT2D eigenvalue weighted by atomic mass is 9.97. The van der Waals surface area contributed by atoms with E-state index < -0.39 is 0 Å². The van der Waals surface area contributed by atoms with Gasteiger partial charge in [-0.25, -0.2) is 0 Å². The number of pyridine rings is 1. The minimum atomic E-state index is 0.394. The maximum Gasteiger partial charge on any atom is 0.104 e. The van der Waals surface area contributed by atoms with Crippen LogP contribution in [-0.2, 0) is 0 Å². The number of hydrogen-bond acceptors (Lipinski definition) is 6. The van der Waals surface area contributed by atoms with Crippen molar-refractivity contribution < 1.29 is 0 Å². The van der Waals surface area contributed by atoms with Crippen LogP contribution in [0.15, 0.2) is 146 Å². The molecule has 10 rings (SSSR count). The quantitative estimate of drug-likeness (QED) is 0.170. The van der Waals surface area contributed by atoms with Gasteiger partial charge < -0.3 is 9.13 Å². The number of aryl methyl sites for hydroxylation is 2. The van der Waals surface area contributed by atoms with E-state index in [1.54, 1.807) is 24.3 Å². The van der Waals surface area contributed by atoms with Gasteiger partial charge in [0.2, 0.25) is 0 Å². The molecule has 62 heavy (non-hydrogen) atoms. The zero-order chi connectivity index (χ0) is 42.6. The van der Waals surface area contributed by atoms with Crippen LogP contribution < -0.4 is 0 Å². The number of nitrogens with zero attached hydrogens (tertiary/aromatic N) is 8. The van der Waals surface area contributed by atoms with Gasteiger partial charge in [0.25, 0.3) is 0 Å². The van der Waals surface area contributed by atoms with Gasteiger partial charge in [-0.2, -0.15) is 26.3 Å². The predicted molar refractivity (Wildman–Crippen MR) is 242 cm³/mol. The lowest BCUT2D eigenvalue weighted by Crippen LogP contribution is -2.05. The highest BCUT2D eigenvalue weighted by Gasteiger charge is 2.24. The summed E-state index contributed by atoms with van der Waals surface area (Å²) in [6.45, 7) is 3.95. The lowest BCUT2D eigenvalue weighted by molar-refractivity contribution is 1.11. The SMILES string of the molecule is Cc1cc(-c2cc(-n3c4ccccc4c4ccc(-c5ccc(C#N)cc5C#N)cc43)c(C#N)c(-n3c4ccccc4c4ccc(-c5ccc(C#N)cc5C#N)cc43)c2)cc(C)n1. The first-order chi connectivity index (χ1) is 30.3. The van der Waals surface area contributed by atoms with Crippen molar-refractivity contribution in [3.05, 3.63) is 185 Å². The summed E-state index contributed by atoms with van der Waals surface area (Å²) < 4.78 is 4.29. The van der Waals surface area contributed by atoms with E-state index in [4.69, 9.17) is 0 Å². The molecule has 286 valence electrons. The van der Waals surface area contributed by atoms with E-state index in [9.17, 15) is 26.3 Å². The summed E-state index contributed by atoms with van der Waals surface area (Å²) in [6, 6.07) is 58.5. The summed E-state index contributed by atoms with van der Waals surface area (Å²) in [5, 5.41) is 55.0. The Morgan fingerprint density at radius 1 is 0.387 bits per heavy atom. The van der Waals surface area contributed by atoms with Crippen LogP contribution in [0.1, 0.15) is 39.2 Å². The van der Waals surface area contributed by atoms with E-state index >= 15 is 0 Å². The summed E-state index contributed by atoms with van der Waals surface area (Å²) in [6.07, 6.45) is 0. The molecule has 0 bridgehead atoms. The summed E-state index contributed by atoms with van der Waals surface area (Å²) in [7, 11) is 0. The van der Waals surface area contributed by atoms with Crippen molar-refractivity contribution in [2.75, 3.05) is 0 Å². The van der Waals surface area contributed by atoms with Crippen molar-refractivity contribution in [1.29, 1.82) is 26.3 Å². The second-order valence-corrected chi connectivity index (χ2v) is 15.3. The fourth-order valence-electron chi connectivity index (χ4n) is 8.96. The molecule has 0 unspecified atom stereocenters. The largest absolute Gasteiger partial charge is 0.308 e. The van der Waals surface area contributed by atoms with Crippen molar-refractivity contribution in [3.8, 4) is 75.1 Å². The molecule has 0 aliphatic rings. The highest BCUT2D eigenvalue weighted by atomic mass is 15.0. The first-order valence-corrected chi connectivity index (χ1v) is 19.8. The molecule has 0 amide bonds. The van der Waals surface area contributed by atoms with Gasteiger partial charge in [0.1, 0.15) is 11.6 Å². The van der Waals surface area contributed by atoms with Gasteiger partial charge in [-0.15, -0.1) is 0 Å². The van der Waals surface area contributed by atoms with Crippen molar-refractivity contribution in [3.63, 3.8) is 0 Å².